The first kappa shape index (κ1) is 21.6. The fraction of sp³-hybridized carbons (Fsp3) is 0.286. The van der Waals surface area contributed by atoms with Crippen molar-refractivity contribution in [1.82, 2.24) is 4.98 Å². The van der Waals surface area contributed by atoms with Gasteiger partial charge in [0.25, 0.3) is 0 Å². The zero-order chi connectivity index (χ0) is 21.9. The van der Waals surface area contributed by atoms with Crippen LogP contribution in [0.1, 0.15) is 13.8 Å². The van der Waals surface area contributed by atoms with Crippen molar-refractivity contribution in [3.05, 3.63) is 48.4 Å². The Hall–Kier alpha value is -3.07. The SMILES string of the molecule is COc1cc2nccc(Oc3ccc(NS(=O)(=O)CC(C)C)c(F)c3)c2cc1OC. The molecule has 1 aromatic heterocycles. The maximum absolute atomic E-state index is 14.5. The van der Waals surface area contributed by atoms with Crippen LogP contribution in [0.25, 0.3) is 10.9 Å². The number of benzene rings is 2. The van der Waals surface area contributed by atoms with E-state index in [-0.39, 0.29) is 23.1 Å². The largest absolute Gasteiger partial charge is 0.493 e. The molecular formula is C21H23FN2O5S. The molecule has 0 radical (unpaired) electrons. The molecule has 0 amide bonds. The van der Waals surface area contributed by atoms with Crippen molar-refractivity contribution in [3.63, 3.8) is 0 Å². The number of hydrogen-bond donors (Lipinski definition) is 1. The van der Waals surface area contributed by atoms with Crippen LogP contribution in [-0.4, -0.2) is 33.4 Å². The first-order chi connectivity index (χ1) is 14.2. The van der Waals surface area contributed by atoms with Gasteiger partial charge in [0.15, 0.2) is 17.3 Å². The van der Waals surface area contributed by atoms with E-state index in [1.807, 2.05) is 0 Å². The van der Waals surface area contributed by atoms with Gasteiger partial charge in [0.05, 0.1) is 31.2 Å². The molecule has 0 bridgehead atoms. The minimum Gasteiger partial charge on any atom is -0.493 e. The average molecular weight is 434 g/mol. The maximum Gasteiger partial charge on any atom is 0.233 e. The van der Waals surface area contributed by atoms with Crippen LogP contribution in [0.3, 0.4) is 0 Å². The Morgan fingerprint density at radius 2 is 1.73 bits per heavy atom. The Morgan fingerprint density at radius 1 is 1.03 bits per heavy atom. The van der Waals surface area contributed by atoms with Crippen LogP contribution in [0, 0.1) is 11.7 Å². The molecule has 0 fully saturated rings. The maximum atomic E-state index is 14.5. The molecule has 0 saturated heterocycles. The Kier molecular flexibility index (Phi) is 6.31. The van der Waals surface area contributed by atoms with Gasteiger partial charge in [-0.25, -0.2) is 12.8 Å². The first-order valence-corrected chi connectivity index (χ1v) is 10.9. The lowest BCUT2D eigenvalue weighted by Gasteiger charge is -2.14. The highest BCUT2D eigenvalue weighted by Gasteiger charge is 2.16. The van der Waals surface area contributed by atoms with Crippen LogP contribution in [0.2, 0.25) is 0 Å². The number of fused-ring (bicyclic) bond motifs is 1. The summed E-state index contributed by atoms with van der Waals surface area (Å²) < 4.78 is 57.3. The highest BCUT2D eigenvalue weighted by molar-refractivity contribution is 7.92. The van der Waals surface area contributed by atoms with Crippen LogP contribution in [0.15, 0.2) is 42.6 Å². The number of rotatable bonds is 8. The number of methoxy groups -OCH3 is 2. The zero-order valence-corrected chi connectivity index (χ0v) is 17.9. The molecule has 9 heteroatoms. The highest BCUT2D eigenvalue weighted by Crippen LogP contribution is 2.37. The van der Waals surface area contributed by atoms with Gasteiger partial charge in [-0.2, -0.15) is 0 Å². The van der Waals surface area contributed by atoms with Crippen LogP contribution < -0.4 is 18.9 Å². The minimum absolute atomic E-state index is 0.0799. The lowest BCUT2D eigenvalue weighted by molar-refractivity contribution is 0.355. The topological polar surface area (TPSA) is 86.8 Å². The van der Waals surface area contributed by atoms with Gasteiger partial charge in [-0.15, -0.1) is 0 Å². The number of sulfonamides is 1. The van der Waals surface area contributed by atoms with Gasteiger partial charge in [-0.3, -0.25) is 9.71 Å². The zero-order valence-electron chi connectivity index (χ0n) is 17.1. The van der Waals surface area contributed by atoms with E-state index in [1.54, 1.807) is 38.2 Å². The third-order valence-electron chi connectivity index (χ3n) is 4.19. The number of hydrogen-bond acceptors (Lipinski definition) is 6. The molecule has 0 unspecified atom stereocenters. The van der Waals surface area contributed by atoms with E-state index in [9.17, 15) is 12.8 Å². The van der Waals surface area contributed by atoms with E-state index in [2.05, 4.69) is 9.71 Å². The molecule has 0 aliphatic rings. The summed E-state index contributed by atoms with van der Waals surface area (Å²) in [7, 11) is -0.582. The summed E-state index contributed by atoms with van der Waals surface area (Å²) in [6, 6.07) is 9.03. The lowest BCUT2D eigenvalue weighted by Crippen LogP contribution is -2.20. The van der Waals surface area contributed by atoms with E-state index in [1.165, 1.54) is 26.4 Å². The molecule has 30 heavy (non-hydrogen) atoms. The van der Waals surface area contributed by atoms with Gasteiger partial charge >= 0.3 is 0 Å². The number of anilines is 1. The monoisotopic (exact) mass is 434 g/mol. The van der Waals surface area contributed by atoms with Gasteiger partial charge in [-0.05, 0) is 30.2 Å². The van der Waals surface area contributed by atoms with E-state index in [0.717, 1.165) is 6.07 Å². The second-order valence-corrected chi connectivity index (χ2v) is 8.82. The third-order valence-corrected chi connectivity index (χ3v) is 5.83. The normalized spacial score (nSPS) is 11.5. The summed E-state index contributed by atoms with van der Waals surface area (Å²) in [4.78, 5) is 4.30. The fourth-order valence-electron chi connectivity index (χ4n) is 2.95. The van der Waals surface area contributed by atoms with Gasteiger partial charge < -0.3 is 14.2 Å². The van der Waals surface area contributed by atoms with Gasteiger partial charge in [0.1, 0.15) is 11.5 Å². The second kappa shape index (κ2) is 8.74. The van der Waals surface area contributed by atoms with Crippen molar-refractivity contribution < 1.29 is 27.0 Å². The summed E-state index contributed by atoms with van der Waals surface area (Å²) in [6.45, 7) is 3.55. The van der Waals surface area contributed by atoms with Crippen LogP contribution >= 0.6 is 0 Å². The van der Waals surface area contributed by atoms with Crippen molar-refractivity contribution in [1.29, 1.82) is 0 Å². The van der Waals surface area contributed by atoms with E-state index in [4.69, 9.17) is 14.2 Å². The number of pyridine rings is 1. The molecule has 3 rings (SSSR count). The van der Waals surface area contributed by atoms with Crippen molar-refractivity contribution in [2.45, 2.75) is 13.8 Å². The molecule has 0 spiro atoms. The smallest absolute Gasteiger partial charge is 0.233 e. The van der Waals surface area contributed by atoms with Crippen LogP contribution in [0.5, 0.6) is 23.0 Å². The molecule has 2 aromatic carbocycles. The van der Waals surface area contributed by atoms with Crippen molar-refractivity contribution in [2.24, 2.45) is 5.92 Å². The molecular weight excluding hydrogens is 411 g/mol. The molecule has 1 N–H and O–H groups in total. The molecule has 3 aromatic rings. The second-order valence-electron chi connectivity index (χ2n) is 7.05. The van der Waals surface area contributed by atoms with Crippen molar-refractivity contribution in [3.8, 4) is 23.0 Å². The standard InChI is InChI=1S/C21H23FN2O5S/c1-13(2)12-30(25,26)24-17-6-5-14(9-16(17)22)29-19-7-8-23-18-11-21(28-4)20(27-3)10-15(18)19/h5-11,13,24H,12H2,1-4H3. The van der Waals surface area contributed by atoms with Gasteiger partial charge in [0.2, 0.25) is 10.0 Å². The van der Waals surface area contributed by atoms with Gasteiger partial charge in [0, 0.05) is 23.7 Å². The molecule has 0 aliphatic carbocycles. The molecule has 160 valence electrons. The van der Waals surface area contributed by atoms with Crippen LogP contribution in [0.4, 0.5) is 10.1 Å². The number of nitrogens with one attached hydrogen (secondary N) is 1. The third kappa shape index (κ3) is 4.91. The Bertz CT molecular complexity index is 1170. The summed E-state index contributed by atoms with van der Waals surface area (Å²) in [5, 5.41) is 0.650. The number of ether oxygens (including phenoxy) is 3. The summed E-state index contributed by atoms with van der Waals surface area (Å²) in [5.74, 6) is 0.762. The summed E-state index contributed by atoms with van der Waals surface area (Å²) >= 11 is 0. The van der Waals surface area contributed by atoms with E-state index in [0.29, 0.717) is 28.2 Å². The number of nitrogens with zero attached hydrogens (tertiary/aromatic N) is 1. The van der Waals surface area contributed by atoms with E-state index < -0.39 is 15.8 Å². The Balaban J connectivity index is 1.90. The first-order valence-electron chi connectivity index (χ1n) is 9.21. The Labute approximate surface area is 174 Å². The van der Waals surface area contributed by atoms with Crippen molar-refractivity contribution in [2.75, 3.05) is 24.7 Å². The molecule has 0 aliphatic heterocycles. The van der Waals surface area contributed by atoms with Gasteiger partial charge in [-0.1, -0.05) is 13.8 Å². The molecule has 7 nitrogen and oxygen atoms in total. The molecule has 0 atom stereocenters. The molecule has 1 heterocycles. The lowest BCUT2D eigenvalue weighted by atomic mass is 10.2. The van der Waals surface area contributed by atoms with Crippen molar-refractivity contribution >= 4 is 26.6 Å². The quantitative estimate of drug-likeness (QED) is 0.558. The summed E-state index contributed by atoms with van der Waals surface area (Å²) in [5.41, 5.74) is 0.484. The fourth-order valence-corrected chi connectivity index (χ4v) is 4.42. The predicted molar refractivity (Wildman–Crippen MR) is 114 cm³/mol. The minimum atomic E-state index is -3.64. The highest BCUT2D eigenvalue weighted by atomic mass is 32.2. The Morgan fingerprint density at radius 3 is 2.37 bits per heavy atom. The van der Waals surface area contributed by atoms with E-state index >= 15 is 0 Å². The number of aromatic nitrogens is 1. The number of halogens is 1. The summed E-state index contributed by atoms with van der Waals surface area (Å²) in [6.07, 6.45) is 1.56. The average Bonchev–Trinajstić information content (AvgIpc) is 2.68. The molecule has 0 saturated carbocycles. The predicted octanol–water partition coefficient (Wildman–Crippen LogP) is 4.58. The van der Waals surface area contributed by atoms with Crippen LogP contribution in [-0.2, 0) is 10.0 Å².